The van der Waals surface area contributed by atoms with Gasteiger partial charge in [0.2, 0.25) is 0 Å². The van der Waals surface area contributed by atoms with Gasteiger partial charge in [-0.1, -0.05) is 30.3 Å². The maximum Gasteiger partial charge on any atom is 0.0833 e. The monoisotopic (exact) mass is 253 g/mol. The van der Waals surface area contributed by atoms with E-state index in [1.165, 1.54) is 41.8 Å². The van der Waals surface area contributed by atoms with E-state index in [1.807, 2.05) is 0 Å². The van der Waals surface area contributed by atoms with E-state index in [0.717, 1.165) is 6.42 Å². The second kappa shape index (κ2) is 4.20. The van der Waals surface area contributed by atoms with Crippen molar-refractivity contribution in [3.05, 3.63) is 41.6 Å². The molecule has 1 aromatic heterocycles. The molecule has 1 N–H and O–H groups in total. The average molecular weight is 253 g/mol. The lowest BCUT2D eigenvalue weighted by Gasteiger charge is -2.35. The van der Waals surface area contributed by atoms with E-state index < -0.39 is 0 Å². The van der Waals surface area contributed by atoms with Gasteiger partial charge in [0.15, 0.2) is 0 Å². The molecule has 19 heavy (non-hydrogen) atoms. The van der Waals surface area contributed by atoms with Gasteiger partial charge in [-0.3, -0.25) is 4.68 Å². The van der Waals surface area contributed by atoms with Crippen LogP contribution in [0.1, 0.15) is 36.6 Å². The quantitative estimate of drug-likeness (QED) is 0.847. The topological polar surface area (TPSA) is 29.9 Å². The van der Waals surface area contributed by atoms with Crippen molar-refractivity contribution in [2.75, 3.05) is 0 Å². The van der Waals surface area contributed by atoms with Gasteiger partial charge in [-0.2, -0.15) is 5.10 Å². The lowest BCUT2D eigenvalue weighted by atomic mass is 9.84. The molecule has 1 unspecified atom stereocenters. The highest BCUT2D eigenvalue weighted by Gasteiger charge is 2.34. The fourth-order valence-electron chi connectivity index (χ4n) is 3.67. The van der Waals surface area contributed by atoms with E-state index in [1.54, 1.807) is 0 Å². The molecule has 0 aliphatic carbocycles. The Labute approximate surface area is 113 Å². The van der Waals surface area contributed by atoms with Crippen LogP contribution < -0.4 is 5.32 Å². The zero-order valence-corrected chi connectivity index (χ0v) is 11.3. The molecular formula is C16H19N3. The van der Waals surface area contributed by atoms with Gasteiger partial charge in [-0.15, -0.1) is 0 Å². The van der Waals surface area contributed by atoms with Crippen molar-refractivity contribution in [2.24, 2.45) is 7.05 Å². The van der Waals surface area contributed by atoms with Gasteiger partial charge in [0.05, 0.1) is 17.4 Å². The average Bonchev–Trinajstić information content (AvgIpc) is 2.77. The molecule has 2 bridgehead atoms. The lowest BCUT2D eigenvalue weighted by Crippen LogP contribution is -2.42. The van der Waals surface area contributed by atoms with Crippen molar-refractivity contribution in [3.8, 4) is 11.3 Å². The molecule has 1 fully saturated rings. The zero-order chi connectivity index (χ0) is 12.8. The number of hydrogen-bond acceptors (Lipinski definition) is 2. The Morgan fingerprint density at radius 1 is 1.21 bits per heavy atom. The largest absolute Gasteiger partial charge is 0.305 e. The molecule has 2 atom stereocenters. The third-order valence-corrected chi connectivity index (χ3v) is 4.49. The van der Waals surface area contributed by atoms with Crippen molar-refractivity contribution in [1.82, 2.24) is 15.1 Å². The second-order valence-electron chi connectivity index (χ2n) is 5.75. The standard InChI is InChI=1S/C16H19N3/c1-19-16(11-6-3-2-4-7-11)13-10-12-8-5-9-14(17-12)15(13)18-19/h2-4,6-7,12,14,17H,5,8-10H2,1H3/t12-,14?/m0/s1. The van der Waals surface area contributed by atoms with E-state index in [4.69, 9.17) is 5.10 Å². The Hall–Kier alpha value is -1.61. The van der Waals surface area contributed by atoms with Gasteiger partial charge in [0, 0.05) is 24.2 Å². The molecule has 2 aromatic rings. The van der Waals surface area contributed by atoms with Crippen LogP contribution in [-0.4, -0.2) is 15.8 Å². The van der Waals surface area contributed by atoms with Crippen LogP contribution in [0.15, 0.2) is 30.3 Å². The number of benzene rings is 1. The van der Waals surface area contributed by atoms with Gasteiger partial charge in [-0.05, 0) is 25.7 Å². The van der Waals surface area contributed by atoms with Crippen LogP contribution >= 0.6 is 0 Å². The van der Waals surface area contributed by atoms with Gasteiger partial charge < -0.3 is 5.32 Å². The molecule has 0 saturated carbocycles. The number of piperidine rings is 1. The minimum atomic E-state index is 0.478. The predicted octanol–water partition coefficient (Wildman–Crippen LogP) is 2.83. The Kier molecular flexibility index (Phi) is 2.49. The lowest BCUT2D eigenvalue weighted by molar-refractivity contribution is 0.297. The van der Waals surface area contributed by atoms with E-state index >= 15 is 0 Å². The first-order valence-electron chi connectivity index (χ1n) is 7.20. The van der Waals surface area contributed by atoms with Crippen LogP contribution in [0.4, 0.5) is 0 Å². The number of nitrogens with zero attached hydrogens (tertiary/aromatic N) is 2. The zero-order valence-electron chi connectivity index (χ0n) is 11.3. The third-order valence-electron chi connectivity index (χ3n) is 4.49. The van der Waals surface area contributed by atoms with Gasteiger partial charge >= 0.3 is 0 Å². The summed E-state index contributed by atoms with van der Waals surface area (Å²) in [6.07, 6.45) is 5.00. The first kappa shape index (κ1) is 11.2. The molecule has 2 aliphatic rings. The second-order valence-corrected chi connectivity index (χ2v) is 5.75. The van der Waals surface area contributed by atoms with E-state index in [9.17, 15) is 0 Å². The van der Waals surface area contributed by atoms with Crippen molar-refractivity contribution < 1.29 is 0 Å². The summed E-state index contributed by atoms with van der Waals surface area (Å²) in [4.78, 5) is 0. The summed E-state index contributed by atoms with van der Waals surface area (Å²) in [6, 6.07) is 11.8. The normalized spacial score (nSPS) is 25.1. The number of aryl methyl sites for hydroxylation is 1. The Morgan fingerprint density at radius 2 is 2.05 bits per heavy atom. The number of nitrogens with one attached hydrogen (secondary N) is 1. The highest BCUT2D eigenvalue weighted by molar-refractivity contribution is 5.65. The van der Waals surface area contributed by atoms with Crippen molar-refractivity contribution in [3.63, 3.8) is 0 Å². The first-order valence-corrected chi connectivity index (χ1v) is 7.20. The third kappa shape index (κ3) is 1.72. The molecule has 1 saturated heterocycles. The molecule has 3 nitrogen and oxygen atoms in total. The van der Waals surface area contributed by atoms with Crippen LogP contribution in [-0.2, 0) is 13.5 Å². The summed E-state index contributed by atoms with van der Waals surface area (Å²) in [7, 11) is 2.07. The van der Waals surface area contributed by atoms with Crippen LogP contribution in [0.3, 0.4) is 0 Å². The van der Waals surface area contributed by atoms with Crippen molar-refractivity contribution in [2.45, 2.75) is 37.8 Å². The van der Waals surface area contributed by atoms with E-state index in [2.05, 4.69) is 47.4 Å². The van der Waals surface area contributed by atoms with Gasteiger partial charge in [0.1, 0.15) is 0 Å². The maximum atomic E-state index is 4.80. The fraction of sp³-hybridized carbons (Fsp3) is 0.438. The van der Waals surface area contributed by atoms with Crippen molar-refractivity contribution in [1.29, 1.82) is 0 Å². The highest BCUT2D eigenvalue weighted by Crippen LogP contribution is 2.38. The van der Waals surface area contributed by atoms with Crippen molar-refractivity contribution >= 4 is 0 Å². The maximum absolute atomic E-state index is 4.80. The van der Waals surface area contributed by atoms with Gasteiger partial charge in [0.25, 0.3) is 0 Å². The first-order chi connectivity index (χ1) is 9.33. The highest BCUT2D eigenvalue weighted by atomic mass is 15.3. The van der Waals surface area contributed by atoms with Crippen LogP contribution in [0.5, 0.6) is 0 Å². The number of aromatic nitrogens is 2. The van der Waals surface area contributed by atoms with E-state index in [-0.39, 0.29) is 0 Å². The summed E-state index contributed by atoms with van der Waals surface area (Å²) in [5.41, 5.74) is 5.37. The minimum absolute atomic E-state index is 0.478. The number of rotatable bonds is 1. The van der Waals surface area contributed by atoms with Crippen LogP contribution in [0.2, 0.25) is 0 Å². The van der Waals surface area contributed by atoms with E-state index in [0.29, 0.717) is 12.1 Å². The molecule has 3 heterocycles. The smallest absolute Gasteiger partial charge is 0.0833 e. The molecule has 98 valence electrons. The minimum Gasteiger partial charge on any atom is -0.305 e. The summed E-state index contributed by atoms with van der Waals surface area (Å²) in [6.45, 7) is 0. The SMILES string of the molecule is Cn1nc2c(c1-c1ccccc1)C[C@@H]1CCCC2N1. The molecule has 4 rings (SSSR count). The Balaban J connectivity index is 1.88. The van der Waals surface area contributed by atoms with Crippen LogP contribution in [0, 0.1) is 0 Å². The summed E-state index contributed by atoms with van der Waals surface area (Å²) < 4.78 is 2.07. The van der Waals surface area contributed by atoms with Gasteiger partial charge in [-0.25, -0.2) is 0 Å². The molecule has 0 amide bonds. The molecule has 0 radical (unpaired) electrons. The summed E-state index contributed by atoms with van der Waals surface area (Å²) >= 11 is 0. The van der Waals surface area contributed by atoms with Crippen LogP contribution in [0.25, 0.3) is 11.3 Å². The molecule has 2 aliphatic heterocycles. The molecule has 0 spiro atoms. The fourth-order valence-corrected chi connectivity index (χ4v) is 3.67. The Morgan fingerprint density at radius 3 is 2.89 bits per heavy atom. The Bertz CT molecular complexity index is 600. The molecule has 1 aromatic carbocycles. The summed E-state index contributed by atoms with van der Waals surface area (Å²) in [5.74, 6) is 0. The predicted molar refractivity (Wildman–Crippen MR) is 75.9 cm³/mol. The molecule has 3 heteroatoms. The summed E-state index contributed by atoms with van der Waals surface area (Å²) in [5, 5.41) is 8.53. The number of fused-ring (bicyclic) bond motifs is 4. The number of hydrogen-bond donors (Lipinski definition) is 1. The molecular weight excluding hydrogens is 234 g/mol.